The van der Waals surface area contributed by atoms with Crippen molar-refractivity contribution in [3.8, 4) is 11.5 Å². The normalized spacial score (nSPS) is 11.0. The van der Waals surface area contributed by atoms with Crippen molar-refractivity contribution in [1.82, 2.24) is 4.57 Å². The molecule has 0 saturated heterocycles. The Labute approximate surface area is 174 Å². The molecule has 1 aromatic carbocycles. The largest absolute Gasteiger partial charge is 0.504 e. The van der Waals surface area contributed by atoms with Crippen molar-refractivity contribution in [3.63, 3.8) is 0 Å². The quantitative estimate of drug-likeness (QED) is 0.309. The number of benzene rings is 1. The summed E-state index contributed by atoms with van der Waals surface area (Å²) in [5, 5.41) is 14.6. The lowest BCUT2D eigenvalue weighted by Gasteiger charge is -2.16. The summed E-state index contributed by atoms with van der Waals surface area (Å²) in [7, 11) is 0. The minimum Gasteiger partial charge on any atom is -0.504 e. The second kappa shape index (κ2) is 12.2. The highest BCUT2D eigenvalue weighted by Crippen LogP contribution is 2.33. The molecule has 2 aromatic rings. The van der Waals surface area contributed by atoms with Crippen LogP contribution in [0, 0.1) is 0 Å². The fourth-order valence-corrected chi connectivity index (χ4v) is 3.44. The maximum absolute atomic E-state index is 13.1. The van der Waals surface area contributed by atoms with Gasteiger partial charge < -0.3 is 19.7 Å². The molecule has 0 amide bonds. The van der Waals surface area contributed by atoms with E-state index in [1.54, 1.807) is 10.6 Å². The van der Waals surface area contributed by atoms with Crippen LogP contribution >= 0.6 is 0 Å². The van der Waals surface area contributed by atoms with E-state index in [9.17, 15) is 9.90 Å². The Morgan fingerprint density at radius 1 is 1.10 bits per heavy atom. The number of ether oxygens (including phenoxy) is 1. The second-order valence-corrected chi connectivity index (χ2v) is 7.51. The third-order valence-corrected chi connectivity index (χ3v) is 5.13. The number of pyridine rings is 1. The lowest BCUT2D eigenvalue weighted by Crippen LogP contribution is -2.23. The van der Waals surface area contributed by atoms with E-state index < -0.39 is 0 Å². The van der Waals surface area contributed by atoms with Gasteiger partial charge in [-0.3, -0.25) is 4.79 Å². The molecule has 0 aliphatic heterocycles. The zero-order chi connectivity index (χ0) is 21.1. The number of hydrogen-bond donors (Lipinski definition) is 2. The van der Waals surface area contributed by atoms with Gasteiger partial charge in [0.15, 0.2) is 5.75 Å². The van der Waals surface area contributed by atoms with Gasteiger partial charge in [0.2, 0.25) is 5.75 Å². The molecule has 0 radical (unpaired) electrons. The Hall–Kier alpha value is -2.43. The Morgan fingerprint density at radius 3 is 2.55 bits per heavy atom. The molecule has 0 bridgehead atoms. The van der Waals surface area contributed by atoms with Crippen LogP contribution in [0.4, 0.5) is 5.69 Å². The monoisotopic (exact) mass is 400 g/mol. The van der Waals surface area contributed by atoms with Gasteiger partial charge in [0.1, 0.15) is 0 Å². The highest BCUT2D eigenvalue weighted by atomic mass is 16.5. The fourth-order valence-electron chi connectivity index (χ4n) is 3.44. The molecule has 0 aliphatic rings. The van der Waals surface area contributed by atoms with Crippen LogP contribution in [-0.2, 0) is 6.54 Å². The Kier molecular flexibility index (Phi) is 9.62. The van der Waals surface area contributed by atoms with Crippen LogP contribution in [0.5, 0.6) is 11.5 Å². The average molecular weight is 401 g/mol. The molecule has 0 atom stereocenters. The van der Waals surface area contributed by atoms with Crippen LogP contribution in [0.3, 0.4) is 0 Å². The van der Waals surface area contributed by atoms with E-state index in [2.05, 4.69) is 25.7 Å². The summed E-state index contributed by atoms with van der Waals surface area (Å²) in [5.41, 5.74) is 1.36. The first-order valence-corrected chi connectivity index (χ1v) is 11.0. The van der Waals surface area contributed by atoms with Crippen molar-refractivity contribution in [2.24, 2.45) is 0 Å². The van der Waals surface area contributed by atoms with E-state index in [4.69, 9.17) is 4.74 Å². The molecule has 0 spiro atoms. The molecule has 1 aromatic heterocycles. The van der Waals surface area contributed by atoms with E-state index in [0.29, 0.717) is 25.1 Å². The number of aromatic nitrogens is 1. The summed E-state index contributed by atoms with van der Waals surface area (Å²) in [6.07, 6.45) is 10.5. The molecule has 1 heterocycles. The van der Waals surface area contributed by atoms with E-state index >= 15 is 0 Å². The van der Waals surface area contributed by atoms with Crippen molar-refractivity contribution < 1.29 is 9.84 Å². The molecule has 2 rings (SSSR count). The van der Waals surface area contributed by atoms with E-state index in [-0.39, 0.29) is 17.1 Å². The number of nitrogens with one attached hydrogen (secondary N) is 1. The smallest absolute Gasteiger partial charge is 0.297 e. The molecule has 5 heteroatoms. The van der Waals surface area contributed by atoms with Crippen LogP contribution in [-0.4, -0.2) is 22.8 Å². The van der Waals surface area contributed by atoms with Crippen molar-refractivity contribution in [2.75, 3.05) is 18.5 Å². The molecule has 160 valence electrons. The standard InChI is InChI=1S/C24H36N2O3/c1-4-7-9-10-11-12-17-29-23-22(27)20-14-13-19(25-15-6-3)18-21(20)26(24(23)28)16-8-5-2/h6,13-14,18,25,27H,3-5,7-12,15-17H2,1-2H3. The van der Waals surface area contributed by atoms with Crippen molar-refractivity contribution >= 4 is 16.6 Å². The van der Waals surface area contributed by atoms with Crippen LogP contribution in [0.15, 0.2) is 35.6 Å². The van der Waals surface area contributed by atoms with Gasteiger partial charge in [-0.05, 0) is 31.0 Å². The summed E-state index contributed by atoms with van der Waals surface area (Å²) in [5.74, 6) is 0.0213. The number of rotatable bonds is 14. The molecular weight excluding hydrogens is 364 g/mol. The Bertz CT molecular complexity index is 842. The van der Waals surface area contributed by atoms with Crippen LogP contribution < -0.4 is 15.6 Å². The number of hydrogen-bond acceptors (Lipinski definition) is 4. The van der Waals surface area contributed by atoms with Crippen molar-refractivity contribution in [3.05, 3.63) is 41.2 Å². The number of anilines is 1. The lowest BCUT2D eigenvalue weighted by molar-refractivity contribution is 0.283. The highest BCUT2D eigenvalue weighted by Gasteiger charge is 2.18. The summed E-state index contributed by atoms with van der Waals surface area (Å²) in [4.78, 5) is 13.1. The number of aromatic hydroxyl groups is 1. The zero-order valence-corrected chi connectivity index (χ0v) is 18.0. The third kappa shape index (κ3) is 6.28. The summed E-state index contributed by atoms with van der Waals surface area (Å²) >= 11 is 0. The van der Waals surface area contributed by atoms with Gasteiger partial charge in [0.05, 0.1) is 12.1 Å². The molecular formula is C24H36N2O3. The summed E-state index contributed by atoms with van der Waals surface area (Å²) in [6, 6.07) is 5.65. The van der Waals surface area contributed by atoms with Gasteiger partial charge in [-0.25, -0.2) is 0 Å². The number of fused-ring (bicyclic) bond motifs is 1. The Balaban J connectivity index is 2.26. The van der Waals surface area contributed by atoms with Crippen molar-refractivity contribution in [1.29, 1.82) is 0 Å². The lowest BCUT2D eigenvalue weighted by atomic mass is 10.1. The first kappa shape index (κ1) is 22.9. The fraction of sp³-hybridized carbons (Fsp3) is 0.542. The van der Waals surface area contributed by atoms with Gasteiger partial charge in [-0.15, -0.1) is 6.58 Å². The summed E-state index contributed by atoms with van der Waals surface area (Å²) in [6.45, 7) is 9.71. The number of aryl methyl sites for hydroxylation is 1. The molecule has 5 nitrogen and oxygen atoms in total. The van der Waals surface area contributed by atoms with Crippen molar-refractivity contribution in [2.45, 2.75) is 71.8 Å². The maximum atomic E-state index is 13.1. The average Bonchev–Trinajstić information content (AvgIpc) is 2.73. The molecule has 29 heavy (non-hydrogen) atoms. The molecule has 0 saturated carbocycles. The van der Waals surface area contributed by atoms with E-state index in [1.807, 2.05) is 18.2 Å². The van der Waals surface area contributed by atoms with Crippen LogP contribution in [0.1, 0.15) is 65.2 Å². The zero-order valence-electron chi connectivity index (χ0n) is 18.0. The second-order valence-electron chi connectivity index (χ2n) is 7.51. The van der Waals surface area contributed by atoms with E-state index in [0.717, 1.165) is 36.9 Å². The maximum Gasteiger partial charge on any atom is 0.297 e. The van der Waals surface area contributed by atoms with Gasteiger partial charge in [-0.2, -0.15) is 0 Å². The predicted octanol–water partition coefficient (Wildman–Crippen LogP) is 5.84. The minimum absolute atomic E-state index is 0.0565. The molecule has 0 unspecified atom stereocenters. The van der Waals surface area contributed by atoms with Gasteiger partial charge >= 0.3 is 0 Å². The molecule has 0 aliphatic carbocycles. The molecule has 2 N–H and O–H groups in total. The third-order valence-electron chi connectivity index (χ3n) is 5.13. The number of nitrogens with zero attached hydrogens (tertiary/aromatic N) is 1. The van der Waals surface area contributed by atoms with Gasteiger partial charge in [-0.1, -0.05) is 58.4 Å². The van der Waals surface area contributed by atoms with Gasteiger partial charge in [0, 0.05) is 24.2 Å². The number of unbranched alkanes of at least 4 members (excludes halogenated alkanes) is 6. The van der Waals surface area contributed by atoms with Crippen LogP contribution in [0.2, 0.25) is 0 Å². The highest BCUT2D eigenvalue weighted by molar-refractivity contribution is 5.90. The SMILES string of the molecule is C=CCNc1ccc2c(O)c(OCCCCCCCC)c(=O)n(CCCC)c2c1. The minimum atomic E-state index is -0.254. The topological polar surface area (TPSA) is 63.5 Å². The van der Waals surface area contributed by atoms with E-state index in [1.165, 1.54) is 25.7 Å². The first-order valence-electron chi connectivity index (χ1n) is 11.0. The predicted molar refractivity (Wildman–Crippen MR) is 122 cm³/mol. The first-order chi connectivity index (χ1) is 14.1. The Morgan fingerprint density at radius 2 is 1.83 bits per heavy atom. The van der Waals surface area contributed by atoms with Gasteiger partial charge in [0.25, 0.3) is 5.56 Å². The summed E-state index contributed by atoms with van der Waals surface area (Å²) < 4.78 is 7.52. The van der Waals surface area contributed by atoms with Crippen LogP contribution in [0.25, 0.3) is 10.9 Å². The molecule has 0 fully saturated rings.